The van der Waals surface area contributed by atoms with Gasteiger partial charge in [-0.3, -0.25) is 9.59 Å². The third-order valence-corrected chi connectivity index (χ3v) is 12.0. The number of allylic oxidation sites excluding steroid dienone is 4. The molecule has 0 rings (SSSR count). The van der Waals surface area contributed by atoms with Gasteiger partial charge in [-0.2, -0.15) is 0 Å². The molecule has 0 radical (unpaired) electrons. The number of carbonyl (C=O) groups excluding carboxylic acids is 2. The van der Waals surface area contributed by atoms with Crippen molar-refractivity contribution in [3.05, 3.63) is 24.3 Å². The van der Waals surface area contributed by atoms with E-state index < -0.39 is 6.10 Å². The van der Waals surface area contributed by atoms with Crippen molar-refractivity contribution >= 4 is 11.9 Å². The Hall–Kier alpha value is -1.62. The van der Waals surface area contributed by atoms with Crippen LogP contribution in [0.5, 0.6) is 0 Å². The van der Waals surface area contributed by atoms with Crippen LogP contribution in [-0.4, -0.2) is 37.9 Å². The highest BCUT2D eigenvalue weighted by molar-refractivity contribution is 5.70. The van der Waals surface area contributed by atoms with Crippen molar-refractivity contribution in [3.63, 3.8) is 0 Å². The first-order chi connectivity index (χ1) is 29.6. The maximum absolute atomic E-state index is 12.8. The number of esters is 2. The zero-order valence-electron chi connectivity index (χ0n) is 40.7. The molecule has 0 aromatic heterocycles. The second-order valence-corrected chi connectivity index (χ2v) is 18.1. The first-order valence-electron chi connectivity index (χ1n) is 26.9. The minimum Gasteiger partial charge on any atom is -0.462 e. The van der Waals surface area contributed by atoms with Gasteiger partial charge in [0.25, 0.3) is 0 Å². The Bertz CT molecular complexity index is 913. The summed E-state index contributed by atoms with van der Waals surface area (Å²) in [5, 5.41) is 0. The van der Waals surface area contributed by atoms with Crippen molar-refractivity contribution in [1.82, 2.24) is 0 Å². The lowest BCUT2D eigenvalue weighted by Gasteiger charge is -2.18. The number of rotatable bonds is 50. The highest BCUT2D eigenvalue weighted by Crippen LogP contribution is 2.16. The van der Waals surface area contributed by atoms with Crippen LogP contribution < -0.4 is 0 Å². The molecule has 0 aliphatic carbocycles. The molecule has 354 valence electrons. The van der Waals surface area contributed by atoms with Gasteiger partial charge in [-0.05, 0) is 70.6 Å². The molecule has 1 atom stereocenters. The predicted molar refractivity (Wildman–Crippen MR) is 261 cm³/mol. The van der Waals surface area contributed by atoms with E-state index in [-0.39, 0.29) is 25.2 Å². The van der Waals surface area contributed by atoms with Crippen molar-refractivity contribution in [2.45, 2.75) is 297 Å². The van der Waals surface area contributed by atoms with Gasteiger partial charge in [0.15, 0.2) is 6.10 Å². The average molecular weight is 845 g/mol. The first kappa shape index (κ1) is 58.4. The second kappa shape index (κ2) is 51.7. The van der Waals surface area contributed by atoms with E-state index in [4.69, 9.17) is 14.2 Å². The highest BCUT2D eigenvalue weighted by atomic mass is 16.6. The number of hydrogen-bond donors (Lipinski definition) is 0. The zero-order valence-corrected chi connectivity index (χ0v) is 40.7. The van der Waals surface area contributed by atoms with E-state index in [0.29, 0.717) is 19.4 Å². The maximum Gasteiger partial charge on any atom is 0.306 e. The summed E-state index contributed by atoms with van der Waals surface area (Å²) in [6.07, 6.45) is 60.4. The predicted octanol–water partition coefficient (Wildman–Crippen LogP) is 18.0. The molecule has 0 N–H and O–H groups in total. The van der Waals surface area contributed by atoms with Gasteiger partial charge in [-0.15, -0.1) is 0 Å². The SMILES string of the molecule is CCCCCC/C=C\CCCCCCCC(=O)O[C@H](COCCCCCCCCCCCCCCCCCC)COC(=O)CCCCCCC/C=C\CCCCCCCC. The molecule has 0 saturated carbocycles. The first-order valence-corrected chi connectivity index (χ1v) is 26.9. The lowest BCUT2D eigenvalue weighted by atomic mass is 10.0. The van der Waals surface area contributed by atoms with Crippen LogP contribution in [0.4, 0.5) is 0 Å². The Labute approximate surface area is 375 Å². The number of ether oxygens (including phenoxy) is 3. The third-order valence-electron chi connectivity index (χ3n) is 12.0. The molecule has 0 aliphatic rings. The van der Waals surface area contributed by atoms with Crippen LogP contribution in [0.1, 0.15) is 290 Å². The van der Waals surface area contributed by atoms with Gasteiger partial charge in [0.2, 0.25) is 0 Å². The molecule has 5 nitrogen and oxygen atoms in total. The van der Waals surface area contributed by atoms with E-state index in [1.807, 2.05) is 0 Å². The van der Waals surface area contributed by atoms with Crippen LogP contribution in [0.25, 0.3) is 0 Å². The molecule has 0 aliphatic heterocycles. The molecular formula is C55H104O5. The van der Waals surface area contributed by atoms with Crippen LogP contribution in [0, 0.1) is 0 Å². The maximum atomic E-state index is 12.8. The minimum absolute atomic E-state index is 0.0841. The summed E-state index contributed by atoms with van der Waals surface area (Å²) < 4.78 is 17.4. The fourth-order valence-corrected chi connectivity index (χ4v) is 7.91. The van der Waals surface area contributed by atoms with Crippen molar-refractivity contribution in [1.29, 1.82) is 0 Å². The zero-order chi connectivity index (χ0) is 43.5. The standard InChI is InChI=1S/C55H104O5/c1-4-7-10-13-16-19-22-25-27-29-32-35-38-41-44-47-50-58-51-53(60-55(57)49-46-43-40-37-34-30-24-21-18-15-12-9-6-3)52-59-54(56)48-45-42-39-36-33-31-28-26-23-20-17-14-11-8-5-2/h21,24,26,28,53H,4-20,22-23,25,27,29-52H2,1-3H3/b24-21-,28-26-/t53-/m1/s1. The minimum atomic E-state index is -0.537. The van der Waals surface area contributed by atoms with E-state index in [1.165, 1.54) is 199 Å². The van der Waals surface area contributed by atoms with E-state index in [9.17, 15) is 9.59 Å². The molecule has 0 unspecified atom stereocenters. The fourth-order valence-electron chi connectivity index (χ4n) is 7.91. The Morgan fingerprint density at radius 2 is 0.650 bits per heavy atom. The molecule has 5 heteroatoms. The molecule has 0 saturated heterocycles. The van der Waals surface area contributed by atoms with Crippen molar-refractivity contribution < 1.29 is 23.8 Å². The van der Waals surface area contributed by atoms with Crippen molar-refractivity contribution in [3.8, 4) is 0 Å². The molecule has 0 aromatic rings. The topological polar surface area (TPSA) is 61.8 Å². The summed E-state index contributed by atoms with van der Waals surface area (Å²) in [7, 11) is 0. The molecule has 0 amide bonds. The summed E-state index contributed by atoms with van der Waals surface area (Å²) in [4.78, 5) is 25.4. The summed E-state index contributed by atoms with van der Waals surface area (Å²) >= 11 is 0. The smallest absolute Gasteiger partial charge is 0.306 e. The van der Waals surface area contributed by atoms with Crippen LogP contribution in [0.2, 0.25) is 0 Å². The van der Waals surface area contributed by atoms with E-state index in [2.05, 4.69) is 45.1 Å². The number of hydrogen-bond acceptors (Lipinski definition) is 5. The van der Waals surface area contributed by atoms with Gasteiger partial charge in [0.05, 0.1) is 6.61 Å². The highest BCUT2D eigenvalue weighted by Gasteiger charge is 2.17. The normalized spacial score (nSPS) is 12.2. The molecule has 60 heavy (non-hydrogen) atoms. The third kappa shape index (κ3) is 49.0. The van der Waals surface area contributed by atoms with Gasteiger partial charge in [0, 0.05) is 19.4 Å². The summed E-state index contributed by atoms with van der Waals surface area (Å²) in [6.45, 7) is 7.85. The van der Waals surface area contributed by atoms with Gasteiger partial charge >= 0.3 is 11.9 Å². The quantitative estimate of drug-likeness (QED) is 0.0347. The molecule has 0 bridgehead atoms. The van der Waals surface area contributed by atoms with E-state index >= 15 is 0 Å². The van der Waals surface area contributed by atoms with E-state index in [1.54, 1.807) is 0 Å². The average Bonchev–Trinajstić information content (AvgIpc) is 3.25. The second-order valence-electron chi connectivity index (χ2n) is 18.1. The summed E-state index contributed by atoms with van der Waals surface area (Å²) in [6, 6.07) is 0. The molecule has 0 fully saturated rings. The van der Waals surface area contributed by atoms with Gasteiger partial charge in [-0.25, -0.2) is 0 Å². The van der Waals surface area contributed by atoms with Crippen molar-refractivity contribution in [2.75, 3.05) is 19.8 Å². The molecule has 0 heterocycles. The van der Waals surface area contributed by atoms with Crippen LogP contribution >= 0.6 is 0 Å². The lowest BCUT2D eigenvalue weighted by Crippen LogP contribution is -2.30. The Kier molecular flexibility index (Phi) is 50.3. The summed E-state index contributed by atoms with van der Waals surface area (Å²) in [5.41, 5.74) is 0. The Morgan fingerprint density at radius 3 is 1.03 bits per heavy atom. The largest absolute Gasteiger partial charge is 0.462 e. The number of carbonyl (C=O) groups is 2. The van der Waals surface area contributed by atoms with Gasteiger partial charge in [0.1, 0.15) is 6.61 Å². The number of unbranched alkanes of at least 4 members (excludes halogenated alkanes) is 35. The lowest BCUT2D eigenvalue weighted by molar-refractivity contribution is -0.163. The van der Waals surface area contributed by atoms with E-state index in [0.717, 1.165) is 57.8 Å². The Balaban J connectivity index is 4.23. The Morgan fingerprint density at radius 1 is 0.350 bits per heavy atom. The van der Waals surface area contributed by atoms with Crippen molar-refractivity contribution in [2.24, 2.45) is 0 Å². The molecule has 0 aromatic carbocycles. The fraction of sp³-hybridized carbons (Fsp3) is 0.891. The molecular weight excluding hydrogens is 741 g/mol. The van der Waals surface area contributed by atoms with Crippen LogP contribution in [-0.2, 0) is 23.8 Å². The van der Waals surface area contributed by atoms with Crippen LogP contribution in [0.3, 0.4) is 0 Å². The summed E-state index contributed by atoms with van der Waals surface area (Å²) in [5.74, 6) is -0.400. The molecule has 0 spiro atoms. The van der Waals surface area contributed by atoms with Gasteiger partial charge < -0.3 is 14.2 Å². The van der Waals surface area contributed by atoms with Crippen LogP contribution in [0.15, 0.2) is 24.3 Å². The monoisotopic (exact) mass is 845 g/mol. The van der Waals surface area contributed by atoms with Gasteiger partial charge in [-0.1, -0.05) is 231 Å².